The molecular weight excluding hydrogens is 181 g/mol. The van der Waals surface area contributed by atoms with Crippen LogP contribution < -0.4 is 0 Å². The Morgan fingerprint density at radius 3 is 2.15 bits per heavy atom. The van der Waals surface area contributed by atoms with Crippen LogP contribution in [0.1, 0.15) is 31.1 Å². The zero-order chi connectivity index (χ0) is 10.2. The molecule has 0 aliphatic carbocycles. The molecular formula is C8H11F3N2. The molecule has 0 aliphatic rings. The van der Waals surface area contributed by atoms with Gasteiger partial charge in [0, 0.05) is 12.2 Å². The average Bonchev–Trinajstić information content (AvgIpc) is 2.29. The quantitative estimate of drug-likeness (QED) is 0.669. The highest BCUT2D eigenvalue weighted by Gasteiger charge is 2.35. The molecule has 0 atom stereocenters. The van der Waals surface area contributed by atoms with E-state index in [1.807, 2.05) is 0 Å². The molecule has 0 aromatic carbocycles. The Balaban J connectivity index is 3.11. The Bertz CT molecular complexity index is 299. The molecule has 1 aromatic rings. The van der Waals surface area contributed by atoms with Crippen LogP contribution in [0.2, 0.25) is 0 Å². The summed E-state index contributed by atoms with van der Waals surface area (Å²) in [5.41, 5.74) is -0.623. The first kappa shape index (κ1) is 10.1. The molecule has 0 N–H and O–H groups in total. The van der Waals surface area contributed by atoms with Crippen molar-refractivity contribution in [3.8, 4) is 0 Å². The molecule has 0 saturated carbocycles. The Morgan fingerprint density at radius 2 is 1.92 bits per heavy atom. The molecule has 1 heterocycles. The molecule has 74 valence electrons. The van der Waals surface area contributed by atoms with Crippen molar-refractivity contribution in [2.75, 3.05) is 0 Å². The van der Waals surface area contributed by atoms with E-state index in [2.05, 4.69) is 5.10 Å². The predicted octanol–water partition coefficient (Wildman–Crippen LogP) is 2.79. The van der Waals surface area contributed by atoms with Gasteiger partial charge in [0.15, 0.2) is 5.69 Å². The predicted molar refractivity (Wildman–Crippen MR) is 42.4 cm³/mol. The number of aryl methyl sites for hydroxylation is 1. The summed E-state index contributed by atoms with van der Waals surface area (Å²) in [6, 6.07) is -0.0465. The fourth-order valence-electron chi connectivity index (χ4n) is 1.03. The molecule has 1 rings (SSSR count). The lowest BCUT2D eigenvalue weighted by Gasteiger charge is -2.05. The van der Waals surface area contributed by atoms with E-state index >= 15 is 0 Å². The van der Waals surface area contributed by atoms with Gasteiger partial charge in [-0.1, -0.05) is 0 Å². The monoisotopic (exact) mass is 192 g/mol. The van der Waals surface area contributed by atoms with Gasteiger partial charge in [-0.3, -0.25) is 4.68 Å². The number of hydrogen-bond donors (Lipinski definition) is 0. The van der Waals surface area contributed by atoms with Crippen molar-refractivity contribution in [1.82, 2.24) is 9.78 Å². The van der Waals surface area contributed by atoms with Crippen LogP contribution in [0.4, 0.5) is 13.2 Å². The first-order chi connectivity index (χ1) is 5.82. The summed E-state index contributed by atoms with van der Waals surface area (Å²) in [6.45, 7) is 4.98. The van der Waals surface area contributed by atoms with E-state index in [-0.39, 0.29) is 11.6 Å². The minimum atomic E-state index is -4.34. The van der Waals surface area contributed by atoms with Crippen molar-refractivity contribution in [3.63, 3.8) is 0 Å². The van der Waals surface area contributed by atoms with Crippen LogP contribution in [0.5, 0.6) is 0 Å². The summed E-state index contributed by atoms with van der Waals surface area (Å²) >= 11 is 0. The number of hydrogen-bond acceptors (Lipinski definition) is 1. The number of halogens is 3. The highest BCUT2D eigenvalue weighted by molar-refractivity contribution is 5.17. The second-order valence-corrected chi connectivity index (χ2v) is 3.23. The van der Waals surface area contributed by atoms with Gasteiger partial charge in [-0.05, 0) is 26.3 Å². The first-order valence-corrected chi connectivity index (χ1v) is 3.95. The molecule has 2 nitrogen and oxygen atoms in total. The number of alkyl halides is 3. The molecule has 0 spiro atoms. The van der Waals surface area contributed by atoms with Crippen LogP contribution in [0, 0.1) is 6.92 Å². The van der Waals surface area contributed by atoms with Gasteiger partial charge in [0.1, 0.15) is 0 Å². The van der Waals surface area contributed by atoms with Gasteiger partial charge >= 0.3 is 6.18 Å². The van der Waals surface area contributed by atoms with Gasteiger partial charge < -0.3 is 0 Å². The lowest BCUT2D eigenvalue weighted by molar-refractivity contribution is -0.142. The van der Waals surface area contributed by atoms with E-state index in [0.29, 0.717) is 0 Å². The van der Waals surface area contributed by atoms with Crippen molar-refractivity contribution < 1.29 is 13.2 Å². The van der Waals surface area contributed by atoms with Crippen LogP contribution in [0.15, 0.2) is 6.20 Å². The van der Waals surface area contributed by atoms with Gasteiger partial charge in [-0.2, -0.15) is 18.3 Å². The van der Waals surface area contributed by atoms with E-state index < -0.39 is 11.9 Å². The van der Waals surface area contributed by atoms with Crippen molar-refractivity contribution >= 4 is 0 Å². The summed E-state index contributed by atoms with van der Waals surface area (Å²) in [5.74, 6) is 0. The minimum absolute atomic E-state index is 0.0465. The third kappa shape index (κ3) is 2.02. The number of aromatic nitrogens is 2. The Hall–Kier alpha value is -1.00. The first-order valence-electron chi connectivity index (χ1n) is 3.95. The molecule has 0 saturated heterocycles. The molecule has 5 heteroatoms. The topological polar surface area (TPSA) is 17.8 Å². The van der Waals surface area contributed by atoms with E-state index in [1.54, 1.807) is 13.8 Å². The van der Waals surface area contributed by atoms with Crippen LogP contribution in [-0.4, -0.2) is 9.78 Å². The van der Waals surface area contributed by atoms with Crippen LogP contribution in [-0.2, 0) is 6.18 Å². The van der Waals surface area contributed by atoms with Crippen molar-refractivity contribution in [1.29, 1.82) is 0 Å². The van der Waals surface area contributed by atoms with E-state index in [0.717, 1.165) is 0 Å². The zero-order valence-corrected chi connectivity index (χ0v) is 7.68. The van der Waals surface area contributed by atoms with Crippen LogP contribution in [0.25, 0.3) is 0 Å². The Morgan fingerprint density at radius 1 is 1.38 bits per heavy atom. The maximum atomic E-state index is 12.2. The Labute approximate surface area is 74.4 Å². The third-order valence-corrected chi connectivity index (χ3v) is 1.71. The normalized spacial score (nSPS) is 12.5. The van der Waals surface area contributed by atoms with Crippen LogP contribution in [0.3, 0.4) is 0 Å². The fourth-order valence-corrected chi connectivity index (χ4v) is 1.03. The molecule has 0 aliphatic heterocycles. The van der Waals surface area contributed by atoms with E-state index in [9.17, 15) is 13.2 Å². The van der Waals surface area contributed by atoms with Gasteiger partial charge in [-0.15, -0.1) is 0 Å². The second kappa shape index (κ2) is 3.05. The summed E-state index contributed by atoms with van der Waals surface area (Å²) in [4.78, 5) is 0. The SMILES string of the molecule is Cc1cn(C(C)C)nc1C(F)(F)F. The van der Waals surface area contributed by atoms with E-state index in [1.165, 1.54) is 17.8 Å². The fraction of sp³-hybridized carbons (Fsp3) is 0.625. The highest BCUT2D eigenvalue weighted by Crippen LogP contribution is 2.30. The number of nitrogens with zero attached hydrogens (tertiary/aromatic N) is 2. The Kier molecular flexibility index (Phi) is 2.36. The minimum Gasteiger partial charge on any atom is -0.269 e. The van der Waals surface area contributed by atoms with Crippen LogP contribution >= 0.6 is 0 Å². The van der Waals surface area contributed by atoms with Gasteiger partial charge in [0.2, 0.25) is 0 Å². The molecule has 0 fully saturated rings. The van der Waals surface area contributed by atoms with Gasteiger partial charge in [0.05, 0.1) is 0 Å². The molecule has 0 radical (unpaired) electrons. The lowest BCUT2D eigenvalue weighted by atomic mass is 10.3. The average molecular weight is 192 g/mol. The molecule has 1 aromatic heterocycles. The van der Waals surface area contributed by atoms with Gasteiger partial charge in [-0.25, -0.2) is 0 Å². The largest absolute Gasteiger partial charge is 0.435 e. The van der Waals surface area contributed by atoms with E-state index in [4.69, 9.17) is 0 Å². The lowest BCUT2D eigenvalue weighted by Crippen LogP contribution is -2.09. The van der Waals surface area contributed by atoms with Crippen molar-refractivity contribution in [3.05, 3.63) is 17.5 Å². The second-order valence-electron chi connectivity index (χ2n) is 3.23. The molecule has 0 bridgehead atoms. The molecule has 13 heavy (non-hydrogen) atoms. The third-order valence-electron chi connectivity index (χ3n) is 1.71. The summed E-state index contributed by atoms with van der Waals surface area (Å²) < 4.78 is 38.1. The highest BCUT2D eigenvalue weighted by atomic mass is 19.4. The van der Waals surface area contributed by atoms with Crippen molar-refractivity contribution in [2.24, 2.45) is 0 Å². The maximum absolute atomic E-state index is 12.2. The van der Waals surface area contributed by atoms with Gasteiger partial charge in [0.25, 0.3) is 0 Å². The smallest absolute Gasteiger partial charge is 0.269 e. The summed E-state index contributed by atoms with van der Waals surface area (Å²) in [5, 5.41) is 3.47. The van der Waals surface area contributed by atoms with Crippen molar-refractivity contribution in [2.45, 2.75) is 33.0 Å². The summed E-state index contributed by atoms with van der Waals surface area (Å²) in [7, 11) is 0. The molecule has 0 unspecified atom stereocenters. The zero-order valence-electron chi connectivity index (χ0n) is 7.68. The summed E-state index contributed by atoms with van der Waals surface area (Å²) in [6.07, 6.45) is -2.93. The standard InChI is InChI=1S/C8H11F3N2/c1-5(2)13-4-6(3)7(12-13)8(9,10)11/h4-5H,1-3H3. The number of rotatable bonds is 1. The maximum Gasteiger partial charge on any atom is 0.435 e. The molecule has 0 amide bonds.